The Balaban J connectivity index is 1.93. The first-order chi connectivity index (χ1) is 6.08. The van der Waals surface area contributed by atoms with E-state index >= 15 is 0 Å². The van der Waals surface area contributed by atoms with Crippen LogP contribution in [0, 0.1) is 29.1 Å². The second-order valence-corrected chi connectivity index (χ2v) is 6.09. The van der Waals surface area contributed by atoms with E-state index in [1.807, 2.05) is 0 Å². The van der Waals surface area contributed by atoms with Crippen LogP contribution in [0.15, 0.2) is 0 Å². The highest BCUT2D eigenvalue weighted by atomic mass is 16.1. The average molecular weight is 178 g/mol. The van der Waals surface area contributed by atoms with Crippen LogP contribution in [0.3, 0.4) is 0 Å². The van der Waals surface area contributed by atoms with Crippen LogP contribution in [0.4, 0.5) is 0 Å². The minimum absolute atomic E-state index is 0.483. The van der Waals surface area contributed by atoms with Crippen molar-refractivity contribution in [2.75, 3.05) is 0 Å². The van der Waals surface area contributed by atoms with Crippen LogP contribution in [0.5, 0.6) is 0 Å². The van der Waals surface area contributed by atoms with Crippen LogP contribution in [-0.4, -0.2) is 5.78 Å². The Morgan fingerprint density at radius 2 is 1.54 bits per heavy atom. The van der Waals surface area contributed by atoms with Gasteiger partial charge in [0.05, 0.1) is 0 Å². The molecule has 13 heavy (non-hydrogen) atoms. The Labute approximate surface area is 79.9 Å². The molecule has 0 aromatic carbocycles. The minimum atomic E-state index is 0.483. The predicted molar refractivity (Wildman–Crippen MR) is 51.2 cm³/mol. The largest absolute Gasteiger partial charge is 0.299 e. The molecule has 4 atom stereocenters. The molecular formula is C12H18O. The average Bonchev–Trinajstić information content (AvgIpc) is 2.58. The Bertz CT molecular complexity index is 242. The molecule has 0 heterocycles. The number of rotatable bonds is 0. The first kappa shape index (κ1) is 8.02. The van der Waals surface area contributed by atoms with E-state index in [0.29, 0.717) is 23.0 Å². The van der Waals surface area contributed by atoms with Crippen molar-refractivity contribution in [3.05, 3.63) is 0 Å². The molecular weight excluding hydrogens is 160 g/mol. The number of fused-ring (bicyclic) bond motifs is 5. The van der Waals surface area contributed by atoms with Crippen LogP contribution in [0.2, 0.25) is 0 Å². The smallest absolute Gasteiger partial charge is 0.139 e. The molecule has 1 heteroatoms. The third-order valence-corrected chi connectivity index (χ3v) is 4.68. The standard InChI is InChI=1S/C12H18O/c1-12(2)5-9-7-3-4-8(11(7)13)10(9)6-12/h7-10H,3-6H2,1-2H3. The zero-order valence-corrected chi connectivity index (χ0v) is 8.55. The van der Waals surface area contributed by atoms with Crippen molar-refractivity contribution in [3.63, 3.8) is 0 Å². The molecule has 0 saturated heterocycles. The van der Waals surface area contributed by atoms with Crippen molar-refractivity contribution in [1.82, 2.24) is 0 Å². The van der Waals surface area contributed by atoms with E-state index in [1.165, 1.54) is 25.7 Å². The number of ketones is 1. The number of carbonyl (C=O) groups is 1. The molecule has 3 aliphatic rings. The zero-order valence-electron chi connectivity index (χ0n) is 8.55. The Kier molecular flexibility index (Phi) is 1.35. The summed E-state index contributed by atoms with van der Waals surface area (Å²) in [6.07, 6.45) is 5.04. The lowest BCUT2D eigenvalue weighted by atomic mass is 9.82. The number of hydrogen-bond acceptors (Lipinski definition) is 1. The van der Waals surface area contributed by atoms with Gasteiger partial charge in [0.1, 0.15) is 5.78 Å². The summed E-state index contributed by atoms with van der Waals surface area (Å²) >= 11 is 0. The lowest BCUT2D eigenvalue weighted by molar-refractivity contribution is -0.122. The predicted octanol–water partition coefficient (Wildman–Crippen LogP) is 2.65. The lowest BCUT2D eigenvalue weighted by Gasteiger charge is -2.21. The van der Waals surface area contributed by atoms with Crippen LogP contribution in [0.25, 0.3) is 0 Å². The maximum absolute atomic E-state index is 11.8. The highest BCUT2D eigenvalue weighted by molar-refractivity contribution is 5.88. The van der Waals surface area contributed by atoms with Gasteiger partial charge in [0, 0.05) is 11.8 Å². The third-order valence-electron chi connectivity index (χ3n) is 4.68. The summed E-state index contributed by atoms with van der Waals surface area (Å²) in [5.74, 6) is 3.15. The maximum atomic E-state index is 11.8. The van der Waals surface area contributed by atoms with Gasteiger partial charge in [-0.15, -0.1) is 0 Å². The van der Waals surface area contributed by atoms with Gasteiger partial charge in [-0.2, -0.15) is 0 Å². The first-order valence-electron chi connectivity index (χ1n) is 5.62. The van der Waals surface area contributed by atoms with Crippen LogP contribution >= 0.6 is 0 Å². The Morgan fingerprint density at radius 3 is 2.00 bits per heavy atom. The SMILES string of the molecule is CC1(C)CC2C3CCC(C3=O)C2C1. The Morgan fingerprint density at radius 1 is 1.08 bits per heavy atom. The van der Waals surface area contributed by atoms with Crippen molar-refractivity contribution in [3.8, 4) is 0 Å². The van der Waals surface area contributed by atoms with Gasteiger partial charge >= 0.3 is 0 Å². The van der Waals surface area contributed by atoms with Crippen LogP contribution < -0.4 is 0 Å². The minimum Gasteiger partial charge on any atom is -0.299 e. The highest BCUT2D eigenvalue weighted by Crippen LogP contribution is 2.61. The van der Waals surface area contributed by atoms with E-state index in [1.54, 1.807) is 0 Å². The van der Waals surface area contributed by atoms with Gasteiger partial charge in [-0.1, -0.05) is 13.8 Å². The van der Waals surface area contributed by atoms with Gasteiger partial charge in [0.25, 0.3) is 0 Å². The van der Waals surface area contributed by atoms with Gasteiger partial charge in [0.15, 0.2) is 0 Å². The molecule has 4 unspecified atom stereocenters. The second-order valence-electron chi connectivity index (χ2n) is 6.09. The fraction of sp³-hybridized carbons (Fsp3) is 0.917. The molecule has 0 aromatic rings. The molecule has 3 rings (SSSR count). The van der Waals surface area contributed by atoms with E-state index in [-0.39, 0.29) is 0 Å². The van der Waals surface area contributed by atoms with Gasteiger partial charge in [-0.05, 0) is 42.9 Å². The molecule has 0 N–H and O–H groups in total. The topological polar surface area (TPSA) is 17.1 Å². The monoisotopic (exact) mass is 178 g/mol. The highest BCUT2D eigenvalue weighted by Gasteiger charge is 2.58. The van der Waals surface area contributed by atoms with E-state index < -0.39 is 0 Å². The molecule has 2 bridgehead atoms. The fourth-order valence-electron chi connectivity index (χ4n) is 4.31. The van der Waals surface area contributed by atoms with Crippen molar-refractivity contribution in [2.45, 2.75) is 39.5 Å². The zero-order chi connectivity index (χ0) is 9.22. The molecule has 0 radical (unpaired) electrons. The fourth-order valence-corrected chi connectivity index (χ4v) is 4.31. The van der Waals surface area contributed by atoms with E-state index in [2.05, 4.69) is 13.8 Å². The summed E-state index contributed by atoms with van der Waals surface area (Å²) in [4.78, 5) is 11.8. The summed E-state index contributed by atoms with van der Waals surface area (Å²) in [7, 11) is 0. The third kappa shape index (κ3) is 0.908. The second kappa shape index (κ2) is 2.18. The molecule has 3 fully saturated rings. The van der Waals surface area contributed by atoms with Crippen molar-refractivity contribution in [2.24, 2.45) is 29.1 Å². The molecule has 3 aliphatic carbocycles. The molecule has 0 amide bonds. The summed E-state index contributed by atoms with van der Waals surface area (Å²) < 4.78 is 0. The van der Waals surface area contributed by atoms with E-state index in [0.717, 1.165) is 11.8 Å². The van der Waals surface area contributed by atoms with Crippen molar-refractivity contribution in [1.29, 1.82) is 0 Å². The normalized spacial score (nSPS) is 51.4. The molecule has 3 saturated carbocycles. The number of Topliss-reactive ketones (excluding diaryl/α,β-unsaturated/α-hetero) is 1. The van der Waals surface area contributed by atoms with Gasteiger partial charge in [-0.3, -0.25) is 4.79 Å². The number of hydrogen-bond donors (Lipinski definition) is 0. The molecule has 0 spiro atoms. The van der Waals surface area contributed by atoms with Crippen molar-refractivity contribution < 1.29 is 4.79 Å². The summed E-state index contributed by atoms with van der Waals surface area (Å²) in [6, 6.07) is 0. The van der Waals surface area contributed by atoms with Crippen molar-refractivity contribution >= 4 is 5.78 Å². The van der Waals surface area contributed by atoms with Gasteiger partial charge in [-0.25, -0.2) is 0 Å². The summed E-state index contributed by atoms with van der Waals surface area (Å²) in [6.45, 7) is 4.74. The summed E-state index contributed by atoms with van der Waals surface area (Å²) in [5, 5.41) is 0. The Hall–Kier alpha value is -0.330. The molecule has 1 nitrogen and oxygen atoms in total. The quantitative estimate of drug-likeness (QED) is 0.557. The summed E-state index contributed by atoms with van der Waals surface area (Å²) in [5.41, 5.74) is 0.525. The van der Waals surface area contributed by atoms with Crippen LogP contribution in [0.1, 0.15) is 39.5 Å². The van der Waals surface area contributed by atoms with Crippen LogP contribution in [-0.2, 0) is 4.79 Å². The van der Waals surface area contributed by atoms with Gasteiger partial charge in [0.2, 0.25) is 0 Å². The molecule has 72 valence electrons. The number of carbonyl (C=O) groups excluding carboxylic acids is 1. The van der Waals surface area contributed by atoms with Gasteiger partial charge < -0.3 is 0 Å². The molecule has 0 aliphatic heterocycles. The first-order valence-corrected chi connectivity index (χ1v) is 5.62. The van der Waals surface area contributed by atoms with E-state index in [4.69, 9.17) is 0 Å². The lowest BCUT2D eigenvalue weighted by Crippen LogP contribution is -2.15. The maximum Gasteiger partial charge on any atom is 0.139 e. The molecule has 0 aromatic heterocycles. The van der Waals surface area contributed by atoms with E-state index in [9.17, 15) is 4.79 Å².